The second-order valence-electron chi connectivity index (χ2n) is 5.83. The number of primary sulfonamides is 1. The lowest BCUT2D eigenvalue weighted by Crippen LogP contribution is -2.15. The minimum Gasteiger partial charge on any atom is -0.495 e. The molecule has 3 rings (SSSR count). The van der Waals surface area contributed by atoms with Gasteiger partial charge in [-0.05, 0) is 47.5 Å². The normalized spacial score (nSPS) is 11.1. The zero-order chi connectivity index (χ0) is 20.5. The van der Waals surface area contributed by atoms with Gasteiger partial charge in [-0.1, -0.05) is 23.7 Å². The molecule has 0 atom stereocenters. The predicted molar refractivity (Wildman–Crippen MR) is 106 cm³/mol. The Kier molecular flexibility index (Phi) is 5.25. The summed E-state index contributed by atoms with van der Waals surface area (Å²) in [7, 11) is -2.72. The van der Waals surface area contributed by atoms with Crippen LogP contribution in [0.15, 0.2) is 58.2 Å². The third-order valence-electron chi connectivity index (χ3n) is 4.08. The first kappa shape index (κ1) is 19.6. The number of H-pyrrole nitrogens is 1. The zero-order valence-electron chi connectivity index (χ0n) is 14.6. The number of nitriles is 1. The number of sulfonamides is 1. The molecule has 3 N–H and O–H groups in total. The number of hydrogen-bond acceptors (Lipinski definition) is 5. The summed E-state index contributed by atoms with van der Waals surface area (Å²) in [4.78, 5) is 14.8. The topological polar surface area (TPSA) is 126 Å². The van der Waals surface area contributed by atoms with Crippen LogP contribution < -0.4 is 15.4 Å². The fourth-order valence-corrected chi connectivity index (χ4v) is 3.60. The van der Waals surface area contributed by atoms with E-state index in [1.807, 2.05) is 6.07 Å². The van der Waals surface area contributed by atoms with Crippen molar-refractivity contribution in [2.75, 3.05) is 7.11 Å². The maximum absolute atomic E-state index is 12.4. The number of methoxy groups -OCH3 is 1. The second kappa shape index (κ2) is 7.48. The molecule has 0 spiro atoms. The molecule has 9 heteroatoms. The zero-order valence-corrected chi connectivity index (χ0v) is 16.1. The van der Waals surface area contributed by atoms with Crippen molar-refractivity contribution in [2.45, 2.75) is 4.90 Å². The maximum Gasteiger partial charge on any atom is 0.266 e. The number of pyridine rings is 1. The quantitative estimate of drug-likeness (QED) is 0.677. The lowest BCUT2D eigenvalue weighted by molar-refractivity contribution is 0.403. The molecular weight excluding hydrogens is 402 g/mol. The molecule has 1 aromatic heterocycles. The molecule has 0 aliphatic carbocycles. The van der Waals surface area contributed by atoms with Crippen LogP contribution in [0, 0.1) is 11.3 Å². The minimum atomic E-state index is -4.05. The molecule has 0 bridgehead atoms. The minimum absolute atomic E-state index is 0.0637. The van der Waals surface area contributed by atoms with Crippen molar-refractivity contribution in [1.29, 1.82) is 5.26 Å². The van der Waals surface area contributed by atoms with Gasteiger partial charge in [-0.2, -0.15) is 5.26 Å². The van der Waals surface area contributed by atoms with Crippen molar-refractivity contribution in [3.63, 3.8) is 0 Å². The first-order valence-corrected chi connectivity index (χ1v) is 9.81. The number of ether oxygens (including phenoxy) is 1. The van der Waals surface area contributed by atoms with E-state index in [4.69, 9.17) is 21.5 Å². The van der Waals surface area contributed by atoms with Crippen molar-refractivity contribution in [1.82, 2.24) is 4.98 Å². The van der Waals surface area contributed by atoms with Crippen LogP contribution in [0.25, 0.3) is 22.4 Å². The van der Waals surface area contributed by atoms with Gasteiger partial charge in [0.25, 0.3) is 5.56 Å². The summed E-state index contributed by atoms with van der Waals surface area (Å²) in [6, 6.07) is 14.5. The van der Waals surface area contributed by atoms with Gasteiger partial charge in [0.1, 0.15) is 22.3 Å². The van der Waals surface area contributed by atoms with Gasteiger partial charge in [0.15, 0.2) is 0 Å². The number of nitrogens with one attached hydrogen (secondary N) is 1. The van der Waals surface area contributed by atoms with Gasteiger partial charge in [0.2, 0.25) is 10.0 Å². The van der Waals surface area contributed by atoms with Crippen LogP contribution >= 0.6 is 11.6 Å². The van der Waals surface area contributed by atoms with Gasteiger partial charge in [0, 0.05) is 16.3 Å². The molecule has 1 heterocycles. The average molecular weight is 416 g/mol. The summed E-state index contributed by atoms with van der Waals surface area (Å²) in [5, 5.41) is 15.2. The Morgan fingerprint density at radius 3 is 2.32 bits per heavy atom. The van der Waals surface area contributed by atoms with Gasteiger partial charge in [-0.3, -0.25) is 4.79 Å². The van der Waals surface area contributed by atoms with Crippen LogP contribution in [-0.4, -0.2) is 20.5 Å². The fourth-order valence-electron chi connectivity index (χ4n) is 2.75. The first-order chi connectivity index (χ1) is 13.2. The Morgan fingerprint density at radius 2 is 1.75 bits per heavy atom. The Hall–Kier alpha value is -3.12. The molecule has 7 nitrogen and oxygen atoms in total. The van der Waals surface area contributed by atoms with Crippen LogP contribution in [-0.2, 0) is 10.0 Å². The lowest BCUT2D eigenvalue weighted by Gasteiger charge is -2.11. The highest BCUT2D eigenvalue weighted by molar-refractivity contribution is 7.89. The molecule has 3 aromatic rings. The molecule has 0 aliphatic rings. The summed E-state index contributed by atoms with van der Waals surface area (Å²) in [6.45, 7) is 0. The number of aromatic nitrogens is 1. The highest BCUT2D eigenvalue weighted by atomic mass is 35.5. The third kappa shape index (κ3) is 3.77. The van der Waals surface area contributed by atoms with E-state index >= 15 is 0 Å². The van der Waals surface area contributed by atoms with Gasteiger partial charge in [0.05, 0.1) is 7.11 Å². The molecule has 0 saturated heterocycles. The molecule has 28 heavy (non-hydrogen) atoms. The van der Waals surface area contributed by atoms with Crippen molar-refractivity contribution in [3.05, 3.63) is 69.5 Å². The van der Waals surface area contributed by atoms with Crippen molar-refractivity contribution in [2.24, 2.45) is 5.14 Å². The van der Waals surface area contributed by atoms with E-state index in [-0.39, 0.29) is 16.2 Å². The lowest BCUT2D eigenvalue weighted by atomic mass is 9.99. The summed E-state index contributed by atoms with van der Waals surface area (Å²) >= 11 is 5.91. The number of hydrogen-bond donors (Lipinski definition) is 2. The number of benzene rings is 2. The largest absolute Gasteiger partial charge is 0.495 e. The third-order valence-corrected chi connectivity index (χ3v) is 5.27. The number of rotatable bonds is 4. The van der Waals surface area contributed by atoms with Gasteiger partial charge in [-0.25, -0.2) is 13.6 Å². The van der Waals surface area contributed by atoms with Crippen LogP contribution in [0.2, 0.25) is 5.02 Å². The Balaban J connectivity index is 2.26. The van der Waals surface area contributed by atoms with Gasteiger partial charge < -0.3 is 9.72 Å². The SMILES string of the molecule is COc1ccc(-c2cc(-c3ccc(Cl)cc3)c(C#N)c(=O)[nH]2)cc1S(N)(=O)=O. The molecule has 0 fully saturated rings. The van der Waals surface area contributed by atoms with E-state index in [0.29, 0.717) is 27.4 Å². The van der Waals surface area contributed by atoms with Crippen LogP contribution in [0.1, 0.15) is 5.56 Å². The predicted octanol–water partition coefficient (Wildman–Crippen LogP) is 2.89. The molecule has 0 amide bonds. The van der Waals surface area contributed by atoms with Gasteiger partial charge in [-0.15, -0.1) is 0 Å². The highest BCUT2D eigenvalue weighted by Gasteiger charge is 2.18. The highest BCUT2D eigenvalue weighted by Crippen LogP contribution is 2.31. The number of nitrogens with two attached hydrogens (primary N) is 1. The molecule has 2 aromatic carbocycles. The van der Waals surface area contributed by atoms with E-state index in [1.165, 1.54) is 19.2 Å². The Bertz CT molecular complexity index is 1260. The monoisotopic (exact) mass is 415 g/mol. The average Bonchev–Trinajstić information content (AvgIpc) is 2.66. The molecule has 0 saturated carbocycles. The number of nitrogens with zero attached hydrogens (tertiary/aromatic N) is 1. The number of halogens is 1. The van der Waals surface area contributed by atoms with E-state index < -0.39 is 15.6 Å². The van der Waals surface area contributed by atoms with E-state index in [2.05, 4.69) is 4.98 Å². The summed E-state index contributed by atoms with van der Waals surface area (Å²) in [5.74, 6) is 0.0835. The van der Waals surface area contributed by atoms with E-state index in [1.54, 1.807) is 36.4 Å². The first-order valence-electron chi connectivity index (χ1n) is 7.89. The molecule has 0 radical (unpaired) electrons. The van der Waals surface area contributed by atoms with Crippen LogP contribution in [0.3, 0.4) is 0 Å². The van der Waals surface area contributed by atoms with Crippen molar-refractivity contribution in [3.8, 4) is 34.2 Å². The Labute approximate surface area is 166 Å². The molecule has 0 aliphatic heterocycles. The van der Waals surface area contributed by atoms with E-state index in [9.17, 15) is 18.5 Å². The molecule has 0 unspecified atom stereocenters. The summed E-state index contributed by atoms with van der Waals surface area (Å²) in [6.07, 6.45) is 0. The smallest absolute Gasteiger partial charge is 0.266 e. The molecular formula is C19H14ClN3O4S. The summed E-state index contributed by atoms with van der Waals surface area (Å²) in [5.41, 5.74) is 1.06. The fraction of sp³-hybridized carbons (Fsp3) is 0.0526. The molecule has 142 valence electrons. The van der Waals surface area contributed by atoms with Crippen molar-refractivity contribution < 1.29 is 13.2 Å². The van der Waals surface area contributed by atoms with Crippen LogP contribution in [0.5, 0.6) is 5.75 Å². The van der Waals surface area contributed by atoms with E-state index in [0.717, 1.165) is 0 Å². The summed E-state index contributed by atoms with van der Waals surface area (Å²) < 4.78 is 28.7. The van der Waals surface area contributed by atoms with Crippen molar-refractivity contribution >= 4 is 21.6 Å². The standard InChI is InChI=1S/C19H14ClN3O4S/c1-27-17-7-4-12(8-18(17)28(22,25)26)16-9-14(15(10-21)19(24)23-16)11-2-5-13(20)6-3-11/h2-9H,1H3,(H,23,24)(H2,22,25,26). The second-order valence-corrected chi connectivity index (χ2v) is 7.80. The maximum atomic E-state index is 12.4. The van der Waals surface area contributed by atoms with Gasteiger partial charge >= 0.3 is 0 Å². The Morgan fingerprint density at radius 1 is 1.11 bits per heavy atom. The van der Waals surface area contributed by atoms with Crippen LogP contribution in [0.4, 0.5) is 0 Å². The number of aromatic amines is 1.